The SMILES string of the molecule is O=C(N[C@@H](CO)c1ccc(OCCF)cc1)[C@H]1C[C@@H]1c1ccc(F)cc1. The number of hydrogen-bond acceptors (Lipinski definition) is 3. The summed E-state index contributed by atoms with van der Waals surface area (Å²) in [5, 5.41) is 12.5. The van der Waals surface area contributed by atoms with E-state index in [1.807, 2.05) is 0 Å². The highest BCUT2D eigenvalue weighted by Crippen LogP contribution is 2.47. The van der Waals surface area contributed by atoms with Gasteiger partial charge in [0.15, 0.2) is 0 Å². The molecule has 1 aliphatic rings. The maximum atomic E-state index is 13.0. The molecular formula is C20H21F2NO3. The fourth-order valence-electron chi connectivity index (χ4n) is 3.03. The molecule has 2 aromatic rings. The zero-order chi connectivity index (χ0) is 18.5. The number of benzene rings is 2. The van der Waals surface area contributed by atoms with E-state index in [4.69, 9.17) is 4.74 Å². The Hall–Kier alpha value is -2.47. The minimum Gasteiger partial charge on any atom is -0.491 e. The predicted octanol–water partition coefficient (Wildman–Crippen LogP) is 3.13. The molecule has 26 heavy (non-hydrogen) atoms. The third-order valence-corrected chi connectivity index (χ3v) is 4.55. The van der Waals surface area contributed by atoms with Gasteiger partial charge in [-0.2, -0.15) is 0 Å². The number of alkyl halides is 1. The first-order chi connectivity index (χ1) is 12.6. The van der Waals surface area contributed by atoms with Crippen LogP contribution >= 0.6 is 0 Å². The summed E-state index contributed by atoms with van der Waals surface area (Å²) < 4.78 is 30.3. The second kappa shape index (κ2) is 8.27. The van der Waals surface area contributed by atoms with Gasteiger partial charge in [0.1, 0.15) is 24.8 Å². The molecule has 3 rings (SSSR count). The third-order valence-electron chi connectivity index (χ3n) is 4.55. The largest absolute Gasteiger partial charge is 0.491 e. The number of carbonyl (C=O) groups is 1. The molecule has 0 saturated heterocycles. The van der Waals surface area contributed by atoms with Crippen molar-refractivity contribution in [3.05, 3.63) is 65.5 Å². The molecule has 2 N–H and O–H groups in total. The first-order valence-corrected chi connectivity index (χ1v) is 8.57. The van der Waals surface area contributed by atoms with Crippen molar-refractivity contribution in [2.75, 3.05) is 19.9 Å². The van der Waals surface area contributed by atoms with Crippen molar-refractivity contribution in [1.82, 2.24) is 5.32 Å². The highest BCUT2D eigenvalue weighted by atomic mass is 19.1. The van der Waals surface area contributed by atoms with E-state index in [1.165, 1.54) is 12.1 Å². The molecule has 1 fully saturated rings. The fourth-order valence-corrected chi connectivity index (χ4v) is 3.03. The molecule has 0 heterocycles. The zero-order valence-corrected chi connectivity index (χ0v) is 14.2. The van der Waals surface area contributed by atoms with Crippen molar-refractivity contribution in [3.63, 3.8) is 0 Å². The quantitative estimate of drug-likeness (QED) is 0.760. The van der Waals surface area contributed by atoms with Crippen LogP contribution in [0.25, 0.3) is 0 Å². The number of amides is 1. The maximum absolute atomic E-state index is 13.0. The van der Waals surface area contributed by atoms with Crippen molar-refractivity contribution < 1.29 is 23.4 Å². The molecule has 6 heteroatoms. The molecule has 0 aliphatic heterocycles. The second-order valence-corrected chi connectivity index (χ2v) is 6.35. The lowest BCUT2D eigenvalue weighted by atomic mass is 10.1. The number of halogens is 2. The van der Waals surface area contributed by atoms with Crippen LogP contribution in [0.1, 0.15) is 29.5 Å². The van der Waals surface area contributed by atoms with Crippen molar-refractivity contribution in [2.45, 2.75) is 18.4 Å². The van der Waals surface area contributed by atoms with Gasteiger partial charge in [0, 0.05) is 5.92 Å². The summed E-state index contributed by atoms with van der Waals surface area (Å²) in [4.78, 5) is 12.4. The van der Waals surface area contributed by atoms with Gasteiger partial charge in [0.05, 0.1) is 12.6 Å². The van der Waals surface area contributed by atoms with E-state index in [-0.39, 0.29) is 36.8 Å². The Kier molecular flexibility index (Phi) is 5.83. The van der Waals surface area contributed by atoms with Crippen LogP contribution in [-0.4, -0.2) is 30.9 Å². The normalized spacial score (nSPS) is 19.7. The van der Waals surface area contributed by atoms with E-state index in [1.54, 1.807) is 36.4 Å². The highest BCUT2D eigenvalue weighted by molar-refractivity contribution is 5.83. The van der Waals surface area contributed by atoms with Crippen LogP contribution in [0.5, 0.6) is 5.75 Å². The average molecular weight is 361 g/mol. The van der Waals surface area contributed by atoms with Gasteiger partial charge in [-0.15, -0.1) is 0 Å². The summed E-state index contributed by atoms with van der Waals surface area (Å²) in [6.45, 7) is -0.802. The Morgan fingerprint density at radius 2 is 1.88 bits per heavy atom. The van der Waals surface area contributed by atoms with Crippen molar-refractivity contribution in [3.8, 4) is 5.75 Å². The molecule has 0 unspecified atom stereocenters. The van der Waals surface area contributed by atoms with Crippen LogP contribution in [0, 0.1) is 11.7 Å². The van der Waals surface area contributed by atoms with Gasteiger partial charge < -0.3 is 15.2 Å². The molecule has 0 aromatic heterocycles. The van der Waals surface area contributed by atoms with Crippen LogP contribution in [-0.2, 0) is 4.79 Å². The van der Waals surface area contributed by atoms with Gasteiger partial charge in [-0.05, 0) is 47.7 Å². The minimum atomic E-state index is -0.562. The Morgan fingerprint density at radius 1 is 1.19 bits per heavy atom. The average Bonchev–Trinajstić information content (AvgIpc) is 3.46. The molecule has 1 amide bonds. The molecule has 2 aromatic carbocycles. The summed E-state index contributed by atoms with van der Waals surface area (Å²) in [5.74, 6) is 0.0342. The number of nitrogens with one attached hydrogen (secondary N) is 1. The molecule has 3 atom stereocenters. The lowest BCUT2D eigenvalue weighted by Gasteiger charge is -2.17. The first kappa shape index (κ1) is 18.3. The molecular weight excluding hydrogens is 340 g/mol. The van der Waals surface area contributed by atoms with E-state index in [0.29, 0.717) is 12.2 Å². The number of aliphatic hydroxyl groups excluding tert-OH is 1. The zero-order valence-electron chi connectivity index (χ0n) is 14.2. The molecule has 0 spiro atoms. The fraction of sp³-hybridized carbons (Fsp3) is 0.350. The van der Waals surface area contributed by atoms with Gasteiger partial charge >= 0.3 is 0 Å². The first-order valence-electron chi connectivity index (χ1n) is 8.57. The van der Waals surface area contributed by atoms with Crippen molar-refractivity contribution in [2.24, 2.45) is 5.92 Å². The minimum absolute atomic E-state index is 0.00797. The highest BCUT2D eigenvalue weighted by Gasteiger charge is 2.44. The smallest absolute Gasteiger partial charge is 0.224 e. The van der Waals surface area contributed by atoms with Gasteiger partial charge in [-0.25, -0.2) is 8.78 Å². The number of ether oxygens (including phenoxy) is 1. The van der Waals surface area contributed by atoms with Crippen LogP contribution in [0.3, 0.4) is 0 Å². The van der Waals surface area contributed by atoms with Gasteiger partial charge in [0.25, 0.3) is 0 Å². The molecule has 4 nitrogen and oxygen atoms in total. The van der Waals surface area contributed by atoms with E-state index in [9.17, 15) is 18.7 Å². The van der Waals surface area contributed by atoms with Gasteiger partial charge in [0.2, 0.25) is 5.91 Å². The second-order valence-electron chi connectivity index (χ2n) is 6.35. The van der Waals surface area contributed by atoms with Gasteiger partial charge in [-0.1, -0.05) is 24.3 Å². The Balaban J connectivity index is 1.58. The van der Waals surface area contributed by atoms with Crippen LogP contribution < -0.4 is 10.1 Å². The van der Waals surface area contributed by atoms with E-state index in [0.717, 1.165) is 11.1 Å². The van der Waals surface area contributed by atoms with Crippen LogP contribution in [0.15, 0.2) is 48.5 Å². The standard InChI is InChI=1S/C20H21F2NO3/c21-9-10-26-16-7-3-14(4-8-16)19(12-24)23-20(25)18-11-17(18)13-1-5-15(22)6-2-13/h1-8,17-19,24H,9-12H2,(H,23,25)/t17-,18+,19+/m1/s1. The monoisotopic (exact) mass is 361 g/mol. The summed E-state index contributed by atoms with van der Waals surface area (Å²) in [7, 11) is 0. The maximum Gasteiger partial charge on any atom is 0.224 e. The Bertz CT molecular complexity index is 734. The van der Waals surface area contributed by atoms with Gasteiger partial charge in [-0.3, -0.25) is 4.79 Å². The number of hydrogen-bond donors (Lipinski definition) is 2. The van der Waals surface area contributed by atoms with E-state index < -0.39 is 12.7 Å². The molecule has 0 bridgehead atoms. The molecule has 1 aliphatic carbocycles. The number of rotatable bonds is 8. The molecule has 1 saturated carbocycles. The lowest BCUT2D eigenvalue weighted by Crippen LogP contribution is -2.32. The summed E-state index contributed by atoms with van der Waals surface area (Å²) in [5.41, 5.74) is 1.69. The van der Waals surface area contributed by atoms with Crippen LogP contribution in [0.2, 0.25) is 0 Å². The Labute approximate surface area is 150 Å². The predicted molar refractivity (Wildman–Crippen MR) is 93.1 cm³/mol. The van der Waals surface area contributed by atoms with E-state index in [2.05, 4.69) is 5.32 Å². The number of carbonyl (C=O) groups excluding carboxylic acids is 1. The Morgan fingerprint density at radius 3 is 2.50 bits per heavy atom. The van der Waals surface area contributed by atoms with Crippen molar-refractivity contribution >= 4 is 5.91 Å². The summed E-state index contributed by atoms with van der Waals surface area (Å²) in [6.07, 6.45) is 0.714. The lowest BCUT2D eigenvalue weighted by molar-refractivity contribution is -0.123. The van der Waals surface area contributed by atoms with Crippen LogP contribution in [0.4, 0.5) is 8.78 Å². The molecule has 0 radical (unpaired) electrons. The summed E-state index contributed by atoms with van der Waals surface area (Å²) >= 11 is 0. The van der Waals surface area contributed by atoms with E-state index >= 15 is 0 Å². The summed E-state index contributed by atoms with van der Waals surface area (Å²) in [6, 6.07) is 12.5. The molecule has 138 valence electrons. The topological polar surface area (TPSA) is 58.6 Å². The number of aliphatic hydroxyl groups is 1. The third kappa shape index (κ3) is 4.38. The van der Waals surface area contributed by atoms with Crippen molar-refractivity contribution in [1.29, 1.82) is 0 Å².